The zero-order valence-electron chi connectivity index (χ0n) is 8.74. The SMILES string of the molecule is NNc1cc(Nc2cc(Cl)cc(Cl)c2)ccn1. The van der Waals surface area contributed by atoms with E-state index in [0.717, 1.165) is 11.4 Å². The van der Waals surface area contributed by atoms with Gasteiger partial charge in [0.15, 0.2) is 0 Å². The summed E-state index contributed by atoms with van der Waals surface area (Å²) in [5, 5.41) is 4.31. The van der Waals surface area contributed by atoms with Crippen molar-refractivity contribution in [1.29, 1.82) is 0 Å². The first kappa shape index (κ1) is 12.0. The van der Waals surface area contributed by atoms with Gasteiger partial charge >= 0.3 is 0 Å². The normalized spacial score (nSPS) is 10.1. The minimum Gasteiger partial charge on any atom is -0.355 e. The summed E-state index contributed by atoms with van der Waals surface area (Å²) in [6, 6.07) is 8.82. The van der Waals surface area contributed by atoms with Gasteiger partial charge in [-0.1, -0.05) is 23.2 Å². The van der Waals surface area contributed by atoms with Crippen LogP contribution in [0.1, 0.15) is 0 Å². The van der Waals surface area contributed by atoms with E-state index in [4.69, 9.17) is 29.0 Å². The highest BCUT2D eigenvalue weighted by Crippen LogP contribution is 2.25. The van der Waals surface area contributed by atoms with Crippen LogP contribution in [0.25, 0.3) is 0 Å². The number of nitrogens with zero attached hydrogens (tertiary/aromatic N) is 1. The molecule has 0 amide bonds. The minimum atomic E-state index is 0.572. The van der Waals surface area contributed by atoms with Gasteiger partial charge in [0.2, 0.25) is 0 Å². The van der Waals surface area contributed by atoms with E-state index >= 15 is 0 Å². The number of aromatic nitrogens is 1. The molecule has 0 saturated heterocycles. The number of hydrazine groups is 1. The third-order valence-corrected chi connectivity index (χ3v) is 2.50. The first-order valence-corrected chi connectivity index (χ1v) is 5.59. The molecule has 0 aliphatic heterocycles. The molecule has 4 N–H and O–H groups in total. The molecular weight excluding hydrogens is 259 g/mol. The van der Waals surface area contributed by atoms with Crippen molar-refractivity contribution in [1.82, 2.24) is 4.98 Å². The lowest BCUT2D eigenvalue weighted by Crippen LogP contribution is -2.08. The largest absolute Gasteiger partial charge is 0.355 e. The van der Waals surface area contributed by atoms with Crippen LogP contribution in [0.15, 0.2) is 36.5 Å². The zero-order valence-corrected chi connectivity index (χ0v) is 10.3. The number of rotatable bonds is 3. The standard InChI is InChI=1S/C11H10Cl2N4/c12-7-3-8(13)5-10(4-7)16-9-1-2-15-11(6-9)17-14/h1-6H,14H2,(H2,15,16,17). The molecule has 1 aromatic carbocycles. The number of nitrogen functional groups attached to an aromatic ring is 1. The van der Waals surface area contributed by atoms with E-state index in [0.29, 0.717) is 15.9 Å². The number of anilines is 3. The van der Waals surface area contributed by atoms with Crippen LogP contribution in [0.5, 0.6) is 0 Å². The van der Waals surface area contributed by atoms with E-state index in [-0.39, 0.29) is 0 Å². The summed E-state index contributed by atoms with van der Waals surface area (Å²) in [5.74, 6) is 5.85. The lowest BCUT2D eigenvalue weighted by atomic mass is 10.3. The Morgan fingerprint density at radius 2 is 1.71 bits per heavy atom. The molecule has 0 atom stereocenters. The Kier molecular flexibility index (Phi) is 3.68. The van der Waals surface area contributed by atoms with Gasteiger partial charge in [-0.3, -0.25) is 0 Å². The quantitative estimate of drug-likeness (QED) is 0.590. The molecule has 88 valence electrons. The maximum atomic E-state index is 5.91. The fourth-order valence-electron chi connectivity index (χ4n) is 1.38. The topological polar surface area (TPSA) is 63.0 Å². The van der Waals surface area contributed by atoms with Gasteiger partial charge in [0, 0.05) is 33.7 Å². The molecule has 2 aromatic rings. The van der Waals surface area contributed by atoms with Gasteiger partial charge in [0.05, 0.1) is 0 Å². The molecule has 0 radical (unpaired) electrons. The van der Waals surface area contributed by atoms with Gasteiger partial charge in [-0.25, -0.2) is 10.8 Å². The number of benzene rings is 1. The van der Waals surface area contributed by atoms with Crippen molar-refractivity contribution in [3.05, 3.63) is 46.6 Å². The fourth-order valence-corrected chi connectivity index (χ4v) is 1.91. The Labute approximate surface area is 109 Å². The second-order valence-electron chi connectivity index (χ2n) is 3.36. The summed E-state index contributed by atoms with van der Waals surface area (Å²) in [7, 11) is 0. The minimum absolute atomic E-state index is 0.572. The van der Waals surface area contributed by atoms with Crippen LogP contribution >= 0.6 is 23.2 Å². The Morgan fingerprint density at radius 1 is 1.00 bits per heavy atom. The average Bonchev–Trinajstić information content (AvgIpc) is 2.28. The van der Waals surface area contributed by atoms with Crippen LogP contribution in [0.3, 0.4) is 0 Å². The van der Waals surface area contributed by atoms with Gasteiger partial charge in [-0.15, -0.1) is 0 Å². The first-order chi connectivity index (χ1) is 8.17. The Balaban J connectivity index is 2.24. The maximum Gasteiger partial charge on any atom is 0.141 e. The van der Waals surface area contributed by atoms with Crippen LogP contribution in [-0.2, 0) is 0 Å². The summed E-state index contributed by atoms with van der Waals surface area (Å²) >= 11 is 11.8. The van der Waals surface area contributed by atoms with Crippen LogP contribution in [-0.4, -0.2) is 4.98 Å². The highest BCUT2D eigenvalue weighted by Gasteiger charge is 2.00. The van der Waals surface area contributed by atoms with Gasteiger partial charge in [-0.2, -0.15) is 0 Å². The number of hydrogen-bond acceptors (Lipinski definition) is 4. The number of pyridine rings is 1. The van der Waals surface area contributed by atoms with Crippen molar-refractivity contribution in [2.45, 2.75) is 0 Å². The molecule has 1 heterocycles. The lowest BCUT2D eigenvalue weighted by molar-refractivity contribution is 1.23. The Hall–Kier alpha value is -1.49. The molecule has 2 rings (SSSR count). The summed E-state index contributed by atoms with van der Waals surface area (Å²) in [6.07, 6.45) is 1.64. The van der Waals surface area contributed by atoms with E-state index in [9.17, 15) is 0 Å². The second-order valence-corrected chi connectivity index (χ2v) is 4.23. The van der Waals surface area contributed by atoms with Crippen molar-refractivity contribution < 1.29 is 0 Å². The van der Waals surface area contributed by atoms with E-state index in [1.54, 1.807) is 30.5 Å². The average molecular weight is 269 g/mol. The fraction of sp³-hybridized carbons (Fsp3) is 0. The number of nitrogens with two attached hydrogens (primary N) is 1. The van der Waals surface area contributed by atoms with Crippen LogP contribution in [0.4, 0.5) is 17.2 Å². The smallest absolute Gasteiger partial charge is 0.141 e. The van der Waals surface area contributed by atoms with E-state index in [1.165, 1.54) is 0 Å². The van der Waals surface area contributed by atoms with Gasteiger partial charge in [0.25, 0.3) is 0 Å². The molecule has 0 unspecified atom stereocenters. The van der Waals surface area contributed by atoms with Gasteiger partial charge in [-0.05, 0) is 24.3 Å². The molecule has 6 heteroatoms. The second kappa shape index (κ2) is 5.23. The monoisotopic (exact) mass is 268 g/mol. The molecule has 1 aromatic heterocycles. The predicted molar refractivity (Wildman–Crippen MR) is 71.8 cm³/mol. The lowest BCUT2D eigenvalue weighted by Gasteiger charge is -2.08. The zero-order chi connectivity index (χ0) is 12.3. The third-order valence-electron chi connectivity index (χ3n) is 2.06. The molecule has 0 aliphatic carbocycles. The predicted octanol–water partition coefficient (Wildman–Crippen LogP) is 3.42. The molecule has 4 nitrogen and oxygen atoms in total. The van der Waals surface area contributed by atoms with Crippen LogP contribution in [0.2, 0.25) is 10.0 Å². The number of nitrogens with one attached hydrogen (secondary N) is 2. The van der Waals surface area contributed by atoms with Gasteiger partial charge in [0.1, 0.15) is 5.82 Å². The molecule has 0 fully saturated rings. The van der Waals surface area contributed by atoms with Crippen molar-refractivity contribution >= 4 is 40.4 Å². The van der Waals surface area contributed by atoms with Crippen LogP contribution < -0.4 is 16.6 Å². The molecule has 0 spiro atoms. The van der Waals surface area contributed by atoms with Crippen molar-refractivity contribution in [3.63, 3.8) is 0 Å². The van der Waals surface area contributed by atoms with Crippen molar-refractivity contribution in [2.75, 3.05) is 10.7 Å². The third kappa shape index (κ3) is 3.23. The highest BCUT2D eigenvalue weighted by atomic mass is 35.5. The molecule has 0 bridgehead atoms. The van der Waals surface area contributed by atoms with E-state index in [1.807, 2.05) is 6.07 Å². The van der Waals surface area contributed by atoms with Crippen molar-refractivity contribution in [2.24, 2.45) is 5.84 Å². The highest BCUT2D eigenvalue weighted by molar-refractivity contribution is 6.35. The van der Waals surface area contributed by atoms with Crippen LogP contribution in [0, 0.1) is 0 Å². The summed E-state index contributed by atoms with van der Waals surface area (Å²) in [5.41, 5.74) is 4.11. The number of hydrogen-bond donors (Lipinski definition) is 3. The molecule has 0 saturated carbocycles. The summed E-state index contributed by atoms with van der Waals surface area (Å²) in [6.45, 7) is 0. The van der Waals surface area contributed by atoms with E-state index in [2.05, 4.69) is 15.7 Å². The van der Waals surface area contributed by atoms with Gasteiger partial charge < -0.3 is 10.7 Å². The molecule has 17 heavy (non-hydrogen) atoms. The number of halogens is 2. The Morgan fingerprint density at radius 3 is 2.35 bits per heavy atom. The maximum absolute atomic E-state index is 5.91. The summed E-state index contributed by atoms with van der Waals surface area (Å²) in [4.78, 5) is 4.01. The van der Waals surface area contributed by atoms with Crippen molar-refractivity contribution in [3.8, 4) is 0 Å². The molecular formula is C11H10Cl2N4. The Bertz CT molecular complexity index is 510. The summed E-state index contributed by atoms with van der Waals surface area (Å²) < 4.78 is 0. The first-order valence-electron chi connectivity index (χ1n) is 4.83. The molecule has 0 aliphatic rings. The van der Waals surface area contributed by atoms with E-state index < -0.39 is 0 Å².